The van der Waals surface area contributed by atoms with E-state index in [0.717, 1.165) is 18.7 Å². The van der Waals surface area contributed by atoms with Gasteiger partial charge in [-0.25, -0.2) is 0 Å². The number of nitrogens with zero attached hydrogens (tertiary/aromatic N) is 2. The number of thiophene rings is 1. The molecule has 3 nitrogen and oxygen atoms in total. The van der Waals surface area contributed by atoms with Crippen molar-refractivity contribution in [3.8, 4) is 0 Å². The van der Waals surface area contributed by atoms with Gasteiger partial charge < -0.3 is 4.90 Å². The minimum atomic E-state index is 0.185. The molecule has 1 aliphatic heterocycles. The maximum absolute atomic E-state index is 12.1. The Kier molecular flexibility index (Phi) is 4.08. The van der Waals surface area contributed by atoms with E-state index in [1.807, 2.05) is 23.1 Å². The Morgan fingerprint density at radius 3 is 2.95 bits per heavy atom. The number of aromatic nitrogens is 1. The molecule has 1 aliphatic rings. The highest BCUT2D eigenvalue weighted by Crippen LogP contribution is 2.41. The molecule has 0 aliphatic carbocycles. The van der Waals surface area contributed by atoms with Crippen LogP contribution in [0.3, 0.4) is 0 Å². The molecule has 1 unspecified atom stereocenters. The molecule has 5 heteroatoms. The van der Waals surface area contributed by atoms with Crippen molar-refractivity contribution in [3.63, 3.8) is 0 Å². The third-order valence-electron chi connectivity index (χ3n) is 3.31. The number of thioether (sulfide) groups is 1. The van der Waals surface area contributed by atoms with Crippen LogP contribution in [-0.2, 0) is 11.2 Å². The van der Waals surface area contributed by atoms with Crippen molar-refractivity contribution in [1.29, 1.82) is 0 Å². The summed E-state index contributed by atoms with van der Waals surface area (Å²) in [6.45, 7) is 2.85. The Hall–Kier alpha value is -1.33. The number of hydrogen-bond acceptors (Lipinski definition) is 4. The van der Waals surface area contributed by atoms with Crippen LogP contribution in [0.5, 0.6) is 0 Å². The summed E-state index contributed by atoms with van der Waals surface area (Å²) in [4.78, 5) is 21.0. The number of carbonyl (C=O) groups is 1. The Labute approximate surface area is 127 Å². The second-order valence-corrected chi connectivity index (χ2v) is 7.16. The van der Waals surface area contributed by atoms with Crippen LogP contribution in [0, 0.1) is 6.92 Å². The molecular weight excluding hydrogens is 288 g/mol. The van der Waals surface area contributed by atoms with Crippen molar-refractivity contribution >= 4 is 29.0 Å². The fraction of sp³-hybridized carbons (Fsp3) is 0.333. The first-order valence-corrected chi connectivity index (χ1v) is 8.48. The third-order valence-corrected chi connectivity index (χ3v) is 5.75. The smallest absolute Gasteiger partial charge is 0.233 e. The van der Waals surface area contributed by atoms with Gasteiger partial charge in [-0.3, -0.25) is 9.78 Å². The van der Waals surface area contributed by atoms with Crippen molar-refractivity contribution in [1.82, 2.24) is 9.88 Å². The average Bonchev–Trinajstić information content (AvgIpc) is 3.04. The fourth-order valence-electron chi connectivity index (χ4n) is 2.30. The van der Waals surface area contributed by atoms with Crippen LogP contribution in [0.4, 0.5) is 0 Å². The number of amides is 1. The van der Waals surface area contributed by atoms with Gasteiger partial charge in [0.25, 0.3) is 0 Å². The van der Waals surface area contributed by atoms with Crippen molar-refractivity contribution in [2.75, 3.05) is 12.3 Å². The first-order valence-electron chi connectivity index (χ1n) is 6.61. The van der Waals surface area contributed by atoms with E-state index in [0.29, 0.717) is 5.75 Å². The van der Waals surface area contributed by atoms with Gasteiger partial charge in [-0.2, -0.15) is 0 Å². The Balaban J connectivity index is 1.71. The predicted octanol–water partition coefficient (Wildman–Crippen LogP) is 3.27. The van der Waals surface area contributed by atoms with Gasteiger partial charge in [0.05, 0.1) is 5.75 Å². The molecule has 2 aromatic rings. The van der Waals surface area contributed by atoms with Crippen LogP contribution < -0.4 is 0 Å². The SMILES string of the molecule is Cc1ccc(C2SCC(=O)N2CCc2ccccn2)s1. The Morgan fingerprint density at radius 1 is 1.35 bits per heavy atom. The lowest BCUT2D eigenvalue weighted by atomic mass is 10.2. The molecule has 0 bridgehead atoms. The third kappa shape index (κ3) is 2.88. The molecule has 0 radical (unpaired) electrons. The van der Waals surface area contributed by atoms with Gasteiger partial charge in [0.15, 0.2) is 0 Å². The van der Waals surface area contributed by atoms with E-state index in [2.05, 4.69) is 24.0 Å². The number of pyridine rings is 1. The summed E-state index contributed by atoms with van der Waals surface area (Å²) in [6.07, 6.45) is 2.62. The lowest BCUT2D eigenvalue weighted by molar-refractivity contribution is -0.127. The highest BCUT2D eigenvalue weighted by atomic mass is 32.2. The Morgan fingerprint density at radius 2 is 2.25 bits per heavy atom. The number of hydrogen-bond donors (Lipinski definition) is 0. The molecule has 104 valence electrons. The van der Waals surface area contributed by atoms with Crippen molar-refractivity contribution in [2.45, 2.75) is 18.7 Å². The summed E-state index contributed by atoms with van der Waals surface area (Å²) in [5, 5.41) is 0.185. The monoisotopic (exact) mass is 304 g/mol. The van der Waals surface area contributed by atoms with Gasteiger partial charge in [-0.05, 0) is 31.2 Å². The molecule has 1 saturated heterocycles. The van der Waals surface area contributed by atoms with E-state index in [-0.39, 0.29) is 11.3 Å². The molecule has 0 aromatic carbocycles. The maximum atomic E-state index is 12.1. The van der Waals surface area contributed by atoms with Crippen molar-refractivity contribution in [2.24, 2.45) is 0 Å². The molecule has 2 aromatic heterocycles. The van der Waals surface area contributed by atoms with E-state index in [1.165, 1.54) is 9.75 Å². The minimum absolute atomic E-state index is 0.185. The Bertz CT molecular complexity index is 597. The standard InChI is InChI=1S/C15H16N2OS2/c1-11-5-6-13(20-11)15-17(14(18)10-19-15)9-7-12-4-2-3-8-16-12/h2-6,8,15H,7,9-10H2,1H3. The zero-order chi connectivity index (χ0) is 13.9. The van der Waals surface area contributed by atoms with Crippen LogP contribution in [-0.4, -0.2) is 28.1 Å². The quantitative estimate of drug-likeness (QED) is 0.869. The largest absolute Gasteiger partial charge is 0.325 e. The summed E-state index contributed by atoms with van der Waals surface area (Å²) in [6, 6.07) is 10.2. The van der Waals surface area contributed by atoms with Crippen LogP contribution in [0.1, 0.15) is 20.8 Å². The summed E-state index contributed by atoms with van der Waals surface area (Å²) < 4.78 is 0. The topological polar surface area (TPSA) is 33.2 Å². The molecule has 0 spiro atoms. The predicted molar refractivity (Wildman–Crippen MR) is 83.9 cm³/mol. The van der Waals surface area contributed by atoms with Gasteiger partial charge in [-0.15, -0.1) is 23.1 Å². The van der Waals surface area contributed by atoms with Crippen molar-refractivity contribution < 1.29 is 4.79 Å². The molecule has 3 heterocycles. The first kappa shape index (κ1) is 13.6. The molecule has 0 N–H and O–H groups in total. The number of aryl methyl sites for hydroxylation is 1. The zero-order valence-electron chi connectivity index (χ0n) is 11.3. The maximum Gasteiger partial charge on any atom is 0.233 e. The average molecular weight is 304 g/mol. The second-order valence-electron chi connectivity index (χ2n) is 4.77. The summed E-state index contributed by atoms with van der Waals surface area (Å²) >= 11 is 3.51. The normalized spacial score (nSPS) is 18.8. The van der Waals surface area contributed by atoms with Crippen LogP contribution in [0.25, 0.3) is 0 Å². The molecule has 3 rings (SSSR count). The summed E-state index contributed by atoms with van der Waals surface area (Å²) in [5.74, 6) is 0.825. The van der Waals surface area contributed by atoms with E-state index >= 15 is 0 Å². The van der Waals surface area contributed by atoms with Gasteiger partial charge in [0.2, 0.25) is 5.91 Å². The highest BCUT2D eigenvalue weighted by Gasteiger charge is 2.33. The molecule has 20 heavy (non-hydrogen) atoms. The van der Waals surface area contributed by atoms with Gasteiger partial charge in [0, 0.05) is 34.6 Å². The lowest BCUT2D eigenvalue weighted by Gasteiger charge is -2.22. The van der Waals surface area contributed by atoms with Gasteiger partial charge >= 0.3 is 0 Å². The second kappa shape index (κ2) is 5.97. The van der Waals surface area contributed by atoms with Crippen LogP contribution >= 0.6 is 23.1 Å². The molecule has 1 amide bonds. The lowest BCUT2D eigenvalue weighted by Crippen LogP contribution is -2.30. The van der Waals surface area contributed by atoms with Crippen LogP contribution in [0.2, 0.25) is 0 Å². The van der Waals surface area contributed by atoms with Gasteiger partial charge in [-0.1, -0.05) is 6.07 Å². The zero-order valence-corrected chi connectivity index (χ0v) is 12.9. The van der Waals surface area contributed by atoms with E-state index in [4.69, 9.17) is 0 Å². The molecule has 1 atom stereocenters. The summed E-state index contributed by atoms with van der Waals surface area (Å²) in [5.41, 5.74) is 1.04. The first-order chi connectivity index (χ1) is 9.74. The number of rotatable bonds is 4. The van der Waals surface area contributed by atoms with E-state index in [9.17, 15) is 4.79 Å². The number of carbonyl (C=O) groups excluding carboxylic acids is 1. The molecule has 0 saturated carbocycles. The molecular formula is C15H16N2OS2. The summed E-state index contributed by atoms with van der Waals surface area (Å²) in [7, 11) is 0. The van der Waals surface area contributed by atoms with E-state index in [1.54, 1.807) is 29.3 Å². The van der Waals surface area contributed by atoms with Gasteiger partial charge in [0.1, 0.15) is 5.37 Å². The fourth-order valence-corrected chi connectivity index (χ4v) is 4.63. The van der Waals surface area contributed by atoms with Crippen LogP contribution in [0.15, 0.2) is 36.5 Å². The van der Waals surface area contributed by atoms with Crippen molar-refractivity contribution in [3.05, 3.63) is 52.0 Å². The molecule has 1 fully saturated rings. The minimum Gasteiger partial charge on any atom is -0.325 e. The van der Waals surface area contributed by atoms with E-state index < -0.39 is 0 Å². The highest BCUT2D eigenvalue weighted by molar-refractivity contribution is 8.00.